The predicted molar refractivity (Wildman–Crippen MR) is 59.4 cm³/mol. The second-order valence-corrected chi connectivity index (χ2v) is 3.91. The van der Waals surface area contributed by atoms with E-state index in [-0.39, 0.29) is 6.10 Å². The highest BCUT2D eigenvalue weighted by Crippen LogP contribution is 2.26. The van der Waals surface area contributed by atoms with E-state index in [2.05, 4.69) is 15.3 Å². The molecule has 1 aliphatic heterocycles. The van der Waals surface area contributed by atoms with Crippen molar-refractivity contribution in [2.75, 3.05) is 30.4 Å². The van der Waals surface area contributed by atoms with E-state index in [1.165, 1.54) is 0 Å². The molecule has 0 aromatic carbocycles. The zero-order chi connectivity index (χ0) is 10.8. The molecule has 1 atom stereocenters. The van der Waals surface area contributed by atoms with Gasteiger partial charge in [0.15, 0.2) is 5.82 Å². The molecule has 2 heterocycles. The van der Waals surface area contributed by atoms with Gasteiger partial charge in [-0.15, -0.1) is 0 Å². The average molecular weight is 229 g/mol. The van der Waals surface area contributed by atoms with E-state index in [4.69, 9.17) is 11.6 Å². The van der Waals surface area contributed by atoms with Crippen LogP contribution in [0.5, 0.6) is 0 Å². The van der Waals surface area contributed by atoms with Gasteiger partial charge in [0.05, 0.1) is 12.3 Å². The van der Waals surface area contributed by atoms with Gasteiger partial charge in [-0.2, -0.15) is 4.98 Å². The molecule has 0 radical (unpaired) electrons. The van der Waals surface area contributed by atoms with E-state index >= 15 is 0 Å². The SMILES string of the molecule is CNc1ncc(Cl)c(N2CCC(O)C2)n1. The van der Waals surface area contributed by atoms with Crippen LogP contribution >= 0.6 is 11.6 Å². The second-order valence-electron chi connectivity index (χ2n) is 3.50. The van der Waals surface area contributed by atoms with Gasteiger partial charge < -0.3 is 15.3 Å². The molecular formula is C9H13ClN4O. The monoisotopic (exact) mass is 228 g/mol. The number of aliphatic hydroxyl groups excluding tert-OH is 1. The van der Waals surface area contributed by atoms with Crippen molar-refractivity contribution in [3.8, 4) is 0 Å². The smallest absolute Gasteiger partial charge is 0.224 e. The molecule has 0 spiro atoms. The summed E-state index contributed by atoms with van der Waals surface area (Å²) in [7, 11) is 1.76. The predicted octanol–water partition coefficient (Wildman–Crippen LogP) is 0.743. The zero-order valence-electron chi connectivity index (χ0n) is 8.44. The first-order chi connectivity index (χ1) is 7.20. The number of nitrogens with zero attached hydrogens (tertiary/aromatic N) is 3. The lowest BCUT2D eigenvalue weighted by Gasteiger charge is -2.18. The summed E-state index contributed by atoms with van der Waals surface area (Å²) >= 11 is 6.00. The van der Waals surface area contributed by atoms with Crippen molar-refractivity contribution < 1.29 is 5.11 Å². The molecule has 2 rings (SSSR count). The van der Waals surface area contributed by atoms with E-state index < -0.39 is 0 Å². The van der Waals surface area contributed by atoms with Gasteiger partial charge in [-0.3, -0.25) is 0 Å². The normalized spacial score (nSPS) is 20.7. The van der Waals surface area contributed by atoms with E-state index in [9.17, 15) is 5.11 Å². The third kappa shape index (κ3) is 2.13. The van der Waals surface area contributed by atoms with Crippen molar-refractivity contribution in [3.05, 3.63) is 11.2 Å². The summed E-state index contributed by atoms with van der Waals surface area (Å²) in [5.74, 6) is 1.23. The van der Waals surface area contributed by atoms with Crippen LogP contribution in [-0.4, -0.2) is 41.3 Å². The molecule has 1 aromatic rings. The summed E-state index contributed by atoms with van der Waals surface area (Å²) in [4.78, 5) is 10.2. The summed E-state index contributed by atoms with van der Waals surface area (Å²) in [6, 6.07) is 0. The second kappa shape index (κ2) is 4.20. The molecular weight excluding hydrogens is 216 g/mol. The first kappa shape index (κ1) is 10.4. The van der Waals surface area contributed by atoms with Crippen LogP contribution in [0.1, 0.15) is 6.42 Å². The molecule has 5 nitrogen and oxygen atoms in total. The maximum atomic E-state index is 9.43. The molecule has 0 amide bonds. The van der Waals surface area contributed by atoms with Crippen molar-refractivity contribution in [1.29, 1.82) is 0 Å². The van der Waals surface area contributed by atoms with Gasteiger partial charge in [-0.25, -0.2) is 4.98 Å². The fourth-order valence-electron chi connectivity index (χ4n) is 1.63. The van der Waals surface area contributed by atoms with E-state index in [0.717, 1.165) is 13.0 Å². The number of hydrogen-bond acceptors (Lipinski definition) is 5. The maximum Gasteiger partial charge on any atom is 0.224 e. The number of hydrogen-bond donors (Lipinski definition) is 2. The van der Waals surface area contributed by atoms with Crippen LogP contribution in [0, 0.1) is 0 Å². The Kier molecular flexibility index (Phi) is 2.93. The Labute approximate surface area is 93.1 Å². The van der Waals surface area contributed by atoms with Crippen molar-refractivity contribution >= 4 is 23.4 Å². The Bertz CT molecular complexity index is 360. The van der Waals surface area contributed by atoms with E-state index in [0.29, 0.717) is 23.3 Å². The van der Waals surface area contributed by atoms with Gasteiger partial charge >= 0.3 is 0 Å². The Morgan fingerprint density at radius 1 is 1.67 bits per heavy atom. The van der Waals surface area contributed by atoms with Crippen LogP contribution in [0.15, 0.2) is 6.20 Å². The molecule has 1 saturated heterocycles. The number of anilines is 2. The number of nitrogens with one attached hydrogen (secondary N) is 1. The van der Waals surface area contributed by atoms with Gasteiger partial charge in [0.25, 0.3) is 0 Å². The Morgan fingerprint density at radius 3 is 3.07 bits per heavy atom. The van der Waals surface area contributed by atoms with Crippen molar-refractivity contribution in [2.24, 2.45) is 0 Å². The Hall–Kier alpha value is -1.07. The molecule has 6 heteroatoms. The number of aromatic nitrogens is 2. The summed E-state index contributed by atoms with van der Waals surface area (Å²) < 4.78 is 0. The van der Waals surface area contributed by atoms with Crippen molar-refractivity contribution in [2.45, 2.75) is 12.5 Å². The molecule has 2 N–H and O–H groups in total. The van der Waals surface area contributed by atoms with Crippen LogP contribution in [0.4, 0.5) is 11.8 Å². The minimum atomic E-state index is -0.283. The third-order valence-electron chi connectivity index (χ3n) is 2.41. The summed E-state index contributed by atoms with van der Waals surface area (Å²) in [5, 5.41) is 12.8. The molecule has 1 aromatic heterocycles. The molecule has 82 valence electrons. The minimum Gasteiger partial charge on any atom is -0.391 e. The molecule has 0 bridgehead atoms. The molecule has 1 aliphatic rings. The molecule has 1 unspecified atom stereocenters. The van der Waals surface area contributed by atoms with Crippen LogP contribution in [0.2, 0.25) is 5.02 Å². The van der Waals surface area contributed by atoms with E-state index in [1.807, 2.05) is 4.90 Å². The quantitative estimate of drug-likeness (QED) is 0.782. The molecule has 15 heavy (non-hydrogen) atoms. The van der Waals surface area contributed by atoms with Crippen LogP contribution in [0.25, 0.3) is 0 Å². The molecule has 0 saturated carbocycles. The minimum absolute atomic E-state index is 0.283. The lowest BCUT2D eigenvalue weighted by atomic mass is 10.3. The standard InChI is InChI=1S/C9H13ClN4O/c1-11-9-12-4-7(10)8(13-9)14-3-2-6(15)5-14/h4,6,15H,2-3,5H2,1H3,(H,11,12,13). The average Bonchev–Trinajstić information content (AvgIpc) is 2.65. The highest BCUT2D eigenvalue weighted by atomic mass is 35.5. The lowest BCUT2D eigenvalue weighted by molar-refractivity contribution is 0.198. The number of β-amino-alcohol motifs (C(OH)–C–C–N with tert-alkyl or cyclic N) is 1. The largest absolute Gasteiger partial charge is 0.391 e. The maximum absolute atomic E-state index is 9.43. The highest BCUT2D eigenvalue weighted by molar-refractivity contribution is 6.32. The van der Waals surface area contributed by atoms with Crippen molar-refractivity contribution in [1.82, 2.24) is 9.97 Å². The van der Waals surface area contributed by atoms with E-state index in [1.54, 1.807) is 13.2 Å². The first-order valence-electron chi connectivity index (χ1n) is 4.84. The first-order valence-corrected chi connectivity index (χ1v) is 5.22. The molecule has 0 aliphatic carbocycles. The number of rotatable bonds is 2. The summed E-state index contributed by atoms with van der Waals surface area (Å²) in [6.45, 7) is 1.36. The van der Waals surface area contributed by atoms with Gasteiger partial charge in [0.2, 0.25) is 5.95 Å². The highest BCUT2D eigenvalue weighted by Gasteiger charge is 2.23. The van der Waals surface area contributed by atoms with Gasteiger partial charge in [-0.1, -0.05) is 11.6 Å². The fourth-order valence-corrected chi connectivity index (χ4v) is 1.85. The van der Waals surface area contributed by atoms with Crippen LogP contribution in [-0.2, 0) is 0 Å². The van der Waals surface area contributed by atoms with Crippen molar-refractivity contribution in [3.63, 3.8) is 0 Å². The zero-order valence-corrected chi connectivity index (χ0v) is 9.20. The fraction of sp³-hybridized carbons (Fsp3) is 0.556. The number of halogens is 1. The Balaban J connectivity index is 2.26. The third-order valence-corrected chi connectivity index (χ3v) is 2.68. The lowest BCUT2D eigenvalue weighted by Crippen LogP contribution is -2.23. The topological polar surface area (TPSA) is 61.3 Å². The van der Waals surface area contributed by atoms with Gasteiger partial charge in [-0.05, 0) is 6.42 Å². The summed E-state index contributed by atoms with van der Waals surface area (Å²) in [5.41, 5.74) is 0. The number of aliphatic hydroxyl groups is 1. The van der Waals surface area contributed by atoms with Crippen LogP contribution < -0.4 is 10.2 Å². The molecule has 1 fully saturated rings. The van der Waals surface area contributed by atoms with Gasteiger partial charge in [0, 0.05) is 20.1 Å². The van der Waals surface area contributed by atoms with Gasteiger partial charge in [0.1, 0.15) is 5.02 Å². The summed E-state index contributed by atoms with van der Waals surface area (Å²) in [6.07, 6.45) is 2.05. The van der Waals surface area contributed by atoms with Crippen LogP contribution in [0.3, 0.4) is 0 Å². The Morgan fingerprint density at radius 2 is 2.47 bits per heavy atom.